The lowest BCUT2D eigenvalue weighted by atomic mass is 10.1. The second-order valence-corrected chi connectivity index (χ2v) is 6.12. The van der Waals surface area contributed by atoms with E-state index in [0.717, 1.165) is 57.4 Å². The average molecular weight is 340 g/mol. The van der Waals surface area contributed by atoms with Gasteiger partial charge in [0.15, 0.2) is 0 Å². The van der Waals surface area contributed by atoms with Crippen molar-refractivity contribution in [3.05, 3.63) is 34.9 Å². The van der Waals surface area contributed by atoms with Crippen LogP contribution in [0.15, 0.2) is 24.3 Å². The van der Waals surface area contributed by atoms with Crippen LogP contribution < -0.4 is 10.6 Å². The third-order valence-electron chi connectivity index (χ3n) is 3.89. The lowest BCUT2D eigenvalue weighted by molar-refractivity contribution is -0.120. The van der Waals surface area contributed by atoms with Gasteiger partial charge in [-0.1, -0.05) is 23.7 Å². The summed E-state index contributed by atoms with van der Waals surface area (Å²) in [6, 6.07) is 7.72. The van der Waals surface area contributed by atoms with Crippen molar-refractivity contribution in [2.75, 3.05) is 52.5 Å². The fourth-order valence-electron chi connectivity index (χ4n) is 2.47. The van der Waals surface area contributed by atoms with Crippen LogP contribution in [0.4, 0.5) is 0 Å². The van der Waals surface area contributed by atoms with Crippen molar-refractivity contribution in [3.8, 4) is 0 Å². The molecule has 0 atom stereocenters. The van der Waals surface area contributed by atoms with Gasteiger partial charge in [0.25, 0.3) is 0 Å². The summed E-state index contributed by atoms with van der Waals surface area (Å²) in [6.07, 6.45) is 1.34. The number of nitrogens with one attached hydrogen (secondary N) is 2. The molecule has 0 aromatic heterocycles. The Morgan fingerprint density at radius 3 is 2.61 bits per heavy atom. The highest BCUT2D eigenvalue weighted by molar-refractivity contribution is 6.30. The van der Waals surface area contributed by atoms with Crippen LogP contribution in [0.3, 0.4) is 0 Å². The Morgan fingerprint density at radius 2 is 1.87 bits per heavy atom. The number of carbonyl (C=O) groups excluding carboxylic acids is 1. The van der Waals surface area contributed by atoms with Gasteiger partial charge < -0.3 is 15.4 Å². The van der Waals surface area contributed by atoms with Gasteiger partial charge >= 0.3 is 0 Å². The Balaban J connectivity index is 1.46. The van der Waals surface area contributed by atoms with Gasteiger partial charge in [0.2, 0.25) is 5.91 Å². The molecule has 2 N–H and O–H groups in total. The van der Waals surface area contributed by atoms with Gasteiger partial charge in [0.1, 0.15) is 0 Å². The molecule has 6 heteroatoms. The SMILES string of the molecule is O=C(CCNCCN1CCOCC1)NCCc1ccc(Cl)cc1. The first-order valence-electron chi connectivity index (χ1n) is 8.26. The van der Waals surface area contributed by atoms with Crippen LogP contribution >= 0.6 is 11.6 Å². The summed E-state index contributed by atoms with van der Waals surface area (Å²) in [5.74, 6) is 0.0952. The minimum absolute atomic E-state index is 0.0952. The quantitative estimate of drug-likeness (QED) is 0.666. The van der Waals surface area contributed by atoms with E-state index in [9.17, 15) is 4.79 Å². The molecule has 2 rings (SSSR count). The number of halogens is 1. The molecule has 1 fully saturated rings. The van der Waals surface area contributed by atoms with E-state index < -0.39 is 0 Å². The molecule has 1 heterocycles. The van der Waals surface area contributed by atoms with Crippen LogP contribution in [0.2, 0.25) is 5.02 Å². The van der Waals surface area contributed by atoms with E-state index in [1.165, 1.54) is 5.56 Å². The minimum Gasteiger partial charge on any atom is -0.379 e. The number of hydrogen-bond acceptors (Lipinski definition) is 4. The number of rotatable bonds is 9. The number of nitrogens with zero attached hydrogens (tertiary/aromatic N) is 1. The van der Waals surface area contributed by atoms with E-state index in [2.05, 4.69) is 15.5 Å². The fraction of sp³-hybridized carbons (Fsp3) is 0.588. The first kappa shape index (κ1) is 18.2. The lowest BCUT2D eigenvalue weighted by Crippen LogP contribution is -2.40. The molecule has 128 valence electrons. The third kappa shape index (κ3) is 7.79. The van der Waals surface area contributed by atoms with Crippen molar-refractivity contribution in [2.24, 2.45) is 0 Å². The van der Waals surface area contributed by atoms with Crippen molar-refractivity contribution in [3.63, 3.8) is 0 Å². The summed E-state index contributed by atoms with van der Waals surface area (Å²) in [4.78, 5) is 14.1. The molecule has 1 saturated heterocycles. The summed E-state index contributed by atoms with van der Waals surface area (Å²) >= 11 is 5.84. The molecule has 1 aliphatic rings. The van der Waals surface area contributed by atoms with E-state index in [1.807, 2.05) is 24.3 Å². The largest absolute Gasteiger partial charge is 0.379 e. The summed E-state index contributed by atoms with van der Waals surface area (Å²) in [7, 11) is 0. The maximum absolute atomic E-state index is 11.8. The minimum atomic E-state index is 0.0952. The number of benzene rings is 1. The Labute approximate surface area is 143 Å². The predicted molar refractivity (Wildman–Crippen MR) is 92.9 cm³/mol. The zero-order valence-corrected chi connectivity index (χ0v) is 14.3. The molecule has 0 radical (unpaired) electrons. The van der Waals surface area contributed by atoms with Gasteiger partial charge in [-0.15, -0.1) is 0 Å². The molecule has 1 aromatic rings. The van der Waals surface area contributed by atoms with Crippen LogP contribution in [-0.2, 0) is 16.0 Å². The predicted octanol–water partition coefficient (Wildman–Crippen LogP) is 1.31. The third-order valence-corrected chi connectivity index (χ3v) is 4.14. The fourth-order valence-corrected chi connectivity index (χ4v) is 2.60. The number of carbonyl (C=O) groups is 1. The van der Waals surface area contributed by atoms with Gasteiger partial charge in [-0.05, 0) is 24.1 Å². The van der Waals surface area contributed by atoms with E-state index in [4.69, 9.17) is 16.3 Å². The lowest BCUT2D eigenvalue weighted by Gasteiger charge is -2.26. The van der Waals surface area contributed by atoms with E-state index >= 15 is 0 Å². The Hall–Kier alpha value is -1.14. The average Bonchev–Trinajstić information content (AvgIpc) is 2.57. The maximum Gasteiger partial charge on any atom is 0.221 e. The second kappa shape index (κ2) is 10.6. The number of amides is 1. The molecule has 23 heavy (non-hydrogen) atoms. The van der Waals surface area contributed by atoms with Crippen molar-refractivity contribution < 1.29 is 9.53 Å². The first-order chi connectivity index (χ1) is 11.2. The van der Waals surface area contributed by atoms with Crippen molar-refractivity contribution in [1.82, 2.24) is 15.5 Å². The Bertz CT molecular complexity index is 461. The van der Waals surface area contributed by atoms with Crippen molar-refractivity contribution in [1.29, 1.82) is 0 Å². The van der Waals surface area contributed by atoms with Crippen LogP contribution in [0, 0.1) is 0 Å². The van der Waals surface area contributed by atoms with Crippen LogP contribution in [0.5, 0.6) is 0 Å². The maximum atomic E-state index is 11.8. The Kier molecular flexibility index (Phi) is 8.39. The van der Waals surface area contributed by atoms with Crippen molar-refractivity contribution in [2.45, 2.75) is 12.8 Å². The smallest absolute Gasteiger partial charge is 0.221 e. The molecular weight excluding hydrogens is 314 g/mol. The number of morpholine rings is 1. The molecule has 0 aliphatic carbocycles. The number of ether oxygens (including phenoxy) is 1. The van der Waals surface area contributed by atoms with E-state index in [1.54, 1.807) is 0 Å². The molecule has 0 saturated carbocycles. The first-order valence-corrected chi connectivity index (χ1v) is 8.64. The standard InChI is InChI=1S/C17H26ClN3O2/c18-16-3-1-15(2-4-16)5-8-20-17(22)6-7-19-9-10-21-11-13-23-14-12-21/h1-4,19H,5-14H2,(H,20,22). The molecule has 1 amide bonds. The van der Waals surface area contributed by atoms with Gasteiger partial charge in [-0.25, -0.2) is 0 Å². The normalized spacial score (nSPS) is 15.5. The highest BCUT2D eigenvalue weighted by atomic mass is 35.5. The van der Waals surface area contributed by atoms with Gasteiger partial charge in [0.05, 0.1) is 13.2 Å². The molecule has 0 unspecified atom stereocenters. The molecule has 1 aliphatic heterocycles. The van der Waals surface area contributed by atoms with E-state index in [-0.39, 0.29) is 5.91 Å². The summed E-state index contributed by atoms with van der Waals surface area (Å²) in [5, 5.41) is 7.00. The number of hydrogen-bond donors (Lipinski definition) is 2. The molecular formula is C17H26ClN3O2. The second-order valence-electron chi connectivity index (χ2n) is 5.68. The molecule has 0 bridgehead atoms. The monoisotopic (exact) mass is 339 g/mol. The molecule has 5 nitrogen and oxygen atoms in total. The van der Waals surface area contributed by atoms with Gasteiger partial charge in [-0.2, -0.15) is 0 Å². The van der Waals surface area contributed by atoms with Crippen LogP contribution in [-0.4, -0.2) is 63.3 Å². The zero-order valence-electron chi connectivity index (χ0n) is 13.5. The molecule has 1 aromatic carbocycles. The highest BCUT2D eigenvalue weighted by Gasteiger charge is 2.09. The summed E-state index contributed by atoms with van der Waals surface area (Å²) < 4.78 is 5.31. The van der Waals surface area contributed by atoms with Gasteiger partial charge in [0, 0.05) is 50.7 Å². The van der Waals surface area contributed by atoms with Crippen LogP contribution in [0.25, 0.3) is 0 Å². The zero-order chi connectivity index (χ0) is 16.3. The van der Waals surface area contributed by atoms with E-state index in [0.29, 0.717) is 13.0 Å². The Morgan fingerprint density at radius 1 is 1.13 bits per heavy atom. The summed E-state index contributed by atoms with van der Waals surface area (Å²) in [6.45, 7) is 6.98. The van der Waals surface area contributed by atoms with Crippen molar-refractivity contribution >= 4 is 17.5 Å². The highest BCUT2D eigenvalue weighted by Crippen LogP contribution is 2.09. The topological polar surface area (TPSA) is 53.6 Å². The molecule has 0 spiro atoms. The van der Waals surface area contributed by atoms with Crippen LogP contribution in [0.1, 0.15) is 12.0 Å². The van der Waals surface area contributed by atoms with Gasteiger partial charge in [-0.3, -0.25) is 9.69 Å². The summed E-state index contributed by atoms with van der Waals surface area (Å²) in [5.41, 5.74) is 1.18.